The van der Waals surface area contributed by atoms with Gasteiger partial charge in [0.25, 0.3) is 5.89 Å². The van der Waals surface area contributed by atoms with Gasteiger partial charge in [0.2, 0.25) is 10.0 Å². The Morgan fingerprint density at radius 3 is 2.44 bits per heavy atom. The minimum absolute atomic E-state index is 0.0723. The Labute approximate surface area is 159 Å². The van der Waals surface area contributed by atoms with Crippen molar-refractivity contribution in [3.8, 4) is 0 Å². The van der Waals surface area contributed by atoms with Crippen molar-refractivity contribution in [1.82, 2.24) is 14.9 Å². The van der Waals surface area contributed by atoms with Crippen LogP contribution in [-0.4, -0.2) is 30.1 Å². The van der Waals surface area contributed by atoms with Crippen LogP contribution in [0.3, 0.4) is 0 Å². The number of nitrogens with zero attached hydrogens (tertiary/aromatic N) is 2. The van der Waals surface area contributed by atoms with Gasteiger partial charge < -0.3 is 9.26 Å². The van der Waals surface area contributed by atoms with E-state index in [4.69, 9.17) is 9.26 Å². The van der Waals surface area contributed by atoms with Gasteiger partial charge in [0, 0.05) is 12.0 Å². The van der Waals surface area contributed by atoms with Crippen molar-refractivity contribution in [2.24, 2.45) is 0 Å². The summed E-state index contributed by atoms with van der Waals surface area (Å²) in [6, 6.07) is 5.54. The number of carbonyl (C=O) groups is 1. The molecular weight excluding hydrogens is 370 g/mol. The lowest BCUT2D eigenvalue weighted by molar-refractivity contribution is 0.0265. The van der Waals surface area contributed by atoms with E-state index in [0.29, 0.717) is 12.2 Å². The smallest absolute Gasteiger partial charge is 0.338 e. The van der Waals surface area contributed by atoms with Crippen LogP contribution in [0.15, 0.2) is 33.7 Å². The Bertz CT molecular complexity index is 882. The van der Waals surface area contributed by atoms with E-state index in [2.05, 4.69) is 14.9 Å². The average molecular weight is 395 g/mol. The average Bonchev–Trinajstić information content (AvgIpc) is 3.02. The van der Waals surface area contributed by atoms with E-state index in [9.17, 15) is 13.2 Å². The number of hydrogen-bond acceptors (Lipinski definition) is 7. The summed E-state index contributed by atoms with van der Waals surface area (Å²) in [6.07, 6.45) is 0.858. The molecule has 2 aromatic rings. The summed E-state index contributed by atoms with van der Waals surface area (Å²) in [5.41, 5.74) is -0.378. The number of hydrogen-bond donors (Lipinski definition) is 1. The number of aromatic nitrogens is 2. The first kappa shape index (κ1) is 21.0. The highest BCUT2D eigenvalue weighted by Crippen LogP contribution is 2.19. The van der Waals surface area contributed by atoms with Gasteiger partial charge in [-0.2, -0.15) is 4.98 Å². The maximum atomic E-state index is 12.3. The molecule has 9 heteroatoms. The zero-order valence-electron chi connectivity index (χ0n) is 16.1. The quantitative estimate of drug-likeness (QED) is 0.717. The summed E-state index contributed by atoms with van der Waals surface area (Å²) in [6.45, 7) is 8.89. The van der Waals surface area contributed by atoms with Crippen LogP contribution in [0.2, 0.25) is 0 Å². The standard InChI is InChI=1S/C18H25N3O5S/c1-6-7-15-19-16(26-20-15)12(2)25-17(22)13-8-10-14(11-9-13)27(23,24)21-18(3,4)5/h8-12,21H,6-7H2,1-5H3. The Hall–Kier alpha value is -2.26. The van der Waals surface area contributed by atoms with E-state index in [1.165, 1.54) is 24.3 Å². The molecule has 0 spiro atoms. The molecule has 148 valence electrons. The number of carbonyl (C=O) groups excluding carboxylic acids is 1. The van der Waals surface area contributed by atoms with E-state index < -0.39 is 27.6 Å². The Balaban J connectivity index is 2.06. The summed E-state index contributed by atoms with van der Waals surface area (Å²) in [5.74, 6) is 0.183. The number of rotatable bonds is 7. The number of esters is 1. The van der Waals surface area contributed by atoms with Gasteiger partial charge in [-0.1, -0.05) is 12.1 Å². The molecule has 1 unspecified atom stereocenters. The van der Waals surface area contributed by atoms with E-state index >= 15 is 0 Å². The summed E-state index contributed by atoms with van der Waals surface area (Å²) < 4.78 is 37.6. The molecule has 0 radical (unpaired) electrons. The largest absolute Gasteiger partial charge is 0.449 e. The fraction of sp³-hybridized carbons (Fsp3) is 0.500. The second kappa shape index (κ2) is 8.18. The van der Waals surface area contributed by atoms with Crippen molar-refractivity contribution in [3.63, 3.8) is 0 Å². The van der Waals surface area contributed by atoms with Crippen LogP contribution in [0.5, 0.6) is 0 Å². The molecule has 27 heavy (non-hydrogen) atoms. The third-order valence-electron chi connectivity index (χ3n) is 3.43. The molecule has 0 fully saturated rings. The third kappa shape index (κ3) is 5.86. The molecule has 1 N–H and O–H groups in total. The molecule has 2 rings (SSSR count). The first-order chi connectivity index (χ1) is 12.5. The second-order valence-corrected chi connectivity index (χ2v) is 8.91. The fourth-order valence-corrected chi connectivity index (χ4v) is 3.69. The maximum Gasteiger partial charge on any atom is 0.338 e. The predicted molar refractivity (Wildman–Crippen MR) is 98.6 cm³/mol. The molecule has 1 aromatic carbocycles. The van der Waals surface area contributed by atoms with E-state index in [1.807, 2.05) is 6.92 Å². The van der Waals surface area contributed by atoms with Crippen LogP contribution in [0.4, 0.5) is 0 Å². The van der Waals surface area contributed by atoms with Crippen LogP contribution in [0.1, 0.15) is 69.2 Å². The number of ether oxygens (including phenoxy) is 1. The van der Waals surface area contributed by atoms with Gasteiger partial charge in [-0.15, -0.1) is 0 Å². The van der Waals surface area contributed by atoms with Crippen LogP contribution in [0.25, 0.3) is 0 Å². The fourth-order valence-electron chi connectivity index (χ4n) is 2.27. The van der Waals surface area contributed by atoms with Gasteiger partial charge in [0.15, 0.2) is 11.9 Å². The Morgan fingerprint density at radius 2 is 1.89 bits per heavy atom. The van der Waals surface area contributed by atoms with Gasteiger partial charge in [0.05, 0.1) is 10.5 Å². The predicted octanol–water partition coefficient (Wildman–Crippen LogP) is 3.02. The summed E-state index contributed by atoms with van der Waals surface area (Å²) in [5, 5.41) is 3.82. The zero-order chi connectivity index (χ0) is 20.2. The van der Waals surface area contributed by atoms with Gasteiger partial charge in [-0.3, -0.25) is 0 Å². The molecule has 0 amide bonds. The van der Waals surface area contributed by atoms with Crippen molar-refractivity contribution >= 4 is 16.0 Å². The lowest BCUT2D eigenvalue weighted by Crippen LogP contribution is -2.40. The lowest BCUT2D eigenvalue weighted by atomic mass is 10.1. The van der Waals surface area contributed by atoms with E-state index in [-0.39, 0.29) is 16.3 Å². The van der Waals surface area contributed by atoms with Crippen molar-refractivity contribution in [2.45, 2.75) is 64.0 Å². The normalized spacial score (nSPS) is 13.4. The van der Waals surface area contributed by atoms with Gasteiger partial charge in [-0.05, 0) is 58.4 Å². The Morgan fingerprint density at radius 1 is 1.26 bits per heavy atom. The highest BCUT2D eigenvalue weighted by Gasteiger charge is 2.23. The van der Waals surface area contributed by atoms with E-state index in [0.717, 1.165) is 6.42 Å². The monoisotopic (exact) mass is 395 g/mol. The summed E-state index contributed by atoms with van der Waals surface area (Å²) >= 11 is 0. The molecule has 0 aliphatic heterocycles. The minimum Gasteiger partial charge on any atom is -0.449 e. The van der Waals surface area contributed by atoms with Crippen molar-refractivity contribution in [1.29, 1.82) is 0 Å². The highest BCUT2D eigenvalue weighted by atomic mass is 32.2. The molecular formula is C18H25N3O5S. The number of aryl methyl sites for hydroxylation is 1. The molecule has 0 bridgehead atoms. The Kier molecular flexibility index (Phi) is 6.38. The van der Waals surface area contributed by atoms with E-state index in [1.54, 1.807) is 27.7 Å². The molecule has 8 nitrogen and oxygen atoms in total. The van der Waals surface area contributed by atoms with Crippen LogP contribution >= 0.6 is 0 Å². The summed E-state index contributed by atoms with van der Waals surface area (Å²) in [7, 11) is -3.66. The summed E-state index contributed by atoms with van der Waals surface area (Å²) in [4.78, 5) is 16.5. The number of benzene rings is 1. The SMILES string of the molecule is CCCc1noc(C(C)OC(=O)c2ccc(S(=O)(=O)NC(C)(C)C)cc2)n1. The molecule has 1 aromatic heterocycles. The minimum atomic E-state index is -3.66. The number of sulfonamides is 1. The van der Waals surface area contributed by atoms with Crippen molar-refractivity contribution in [2.75, 3.05) is 0 Å². The van der Waals surface area contributed by atoms with Crippen LogP contribution in [0, 0.1) is 0 Å². The van der Waals surface area contributed by atoms with Gasteiger partial charge in [-0.25, -0.2) is 17.9 Å². The van der Waals surface area contributed by atoms with Crippen molar-refractivity contribution in [3.05, 3.63) is 41.5 Å². The van der Waals surface area contributed by atoms with Gasteiger partial charge in [0.1, 0.15) is 0 Å². The zero-order valence-corrected chi connectivity index (χ0v) is 17.0. The van der Waals surface area contributed by atoms with Crippen molar-refractivity contribution < 1.29 is 22.5 Å². The maximum absolute atomic E-state index is 12.3. The molecule has 0 aliphatic rings. The molecule has 1 atom stereocenters. The molecule has 1 heterocycles. The van der Waals surface area contributed by atoms with Gasteiger partial charge >= 0.3 is 5.97 Å². The molecule has 0 aliphatic carbocycles. The second-order valence-electron chi connectivity index (χ2n) is 7.23. The third-order valence-corrected chi connectivity index (χ3v) is 5.20. The number of nitrogens with one attached hydrogen (secondary N) is 1. The first-order valence-corrected chi connectivity index (χ1v) is 10.2. The highest BCUT2D eigenvalue weighted by molar-refractivity contribution is 7.89. The first-order valence-electron chi connectivity index (χ1n) is 8.69. The molecule has 0 saturated heterocycles. The van der Waals surface area contributed by atoms with Crippen LogP contribution < -0.4 is 4.72 Å². The lowest BCUT2D eigenvalue weighted by Gasteiger charge is -2.20. The van der Waals surface area contributed by atoms with Crippen LogP contribution in [-0.2, 0) is 21.2 Å². The molecule has 0 saturated carbocycles. The topological polar surface area (TPSA) is 111 Å².